The number of nitrogens with zero attached hydrogens (tertiary/aromatic N) is 1. The number of aromatic nitrogens is 1. The number of pyridine rings is 1. The van der Waals surface area contributed by atoms with Gasteiger partial charge in [0.15, 0.2) is 23.1 Å². The van der Waals surface area contributed by atoms with Crippen molar-refractivity contribution in [2.45, 2.75) is 6.92 Å². The summed E-state index contributed by atoms with van der Waals surface area (Å²) in [6, 6.07) is 18.3. The number of thiocarbonyl (C=S) groups is 1. The maximum Gasteiger partial charge on any atom is 0.288 e. The third-order valence-electron chi connectivity index (χ3n) is 4.09. The first-order valence-electron chi connectivity index (χ1n) is 8.61. The quantitative estimate of drug-likeness (QED) is 0.260. The summed E-state index contributed by atoms with van der Waals surface area (Å²) in [6.45, 7) is 1.98. The Hall–Kier alpha value is -2.89. The number of benzene rings is 2. The van der Waals surface area contributed by atoms with Crippen LogP contribution in [0.4, 0.5) is 5.69 Å². The third kappa shape index (κ3) is 4.68. The number of nitrogens with one attached hydrogen (secondary N) is 1. The second-order valence-electron chi connectivity index (χ2n) is 6.18. The zero-order valence-electron chi connectivity index (χ0n) is 15.5. The van der Waals surface area contributed by atoms with Crippen LogP contribution in [0, 0.1) is 6.92 Å². The smallest absolute Gasteiger partial charge is 0.288 e. The second kappa shape index (κ2) is 8.87. The second-order valence-corrected chi connectivity index (χ2v) is 7.02. The van der Waals surface area contributed by atoms with Gasteiger partial charge in [0.2, 0.25) is 0 Å². The highest BCUT2D eigenvalue weighted by atomic mass is 35.5. The lowest BCUT2D eigenvalue weighted by Crippen LogP contribution is -2.38. The van der Waals surface area contributed by atoms with Crippen LogP contribution in [0.1, 0.15) is 11.1 Å². The van der Waals surface area contributed by atoms with E-state index in [1.54, 1.807) is 35.9 Å². The number of aryl methyl sites for hydroxylation is 1. The van der Waals surface area contributed by atoms with Gasteiger partial charge in [-0.05, 0) is 49.4 Å². The van der Waals surface area contributed by atoms with Gasteiger partial charge in [-0.25, -0.2) is 0 Å². The van der Waals surface area contributed by atoms with Crippen LogP contribution in [0.3, 0.4) is 0 Å². The maximum atomic E-state index is 11.0. The van der Waals surface area contributed by atoms with Crippen LogP contribution in [0.25, 0.3) is 11.5 Å². The molecule has 0 aliphatic rings. The van der Waals surface area contributed by atoms with Crippen molar-refractivity contribution in [2.75, 3.05) is 12.4 Å². The summed E-state index contributed by atoms with van der Waals surface area (Å²) in [4.78, 5) is 0.372. The van der Waals surface area contributed by atoms with Gasteiger partial charge in [0.1, 0.15) is 5.75 Å². The Morgan fingerprint density at radius 3 is 2.54 bits per heavy atom. The Labute approximate surface area is 174 Å². The van der Waals surface area contributed by atoms with E-state index in [1.165, 1.54) is 0 Å². The highest BCUT2D eigenvalue weighted by molar-refractivity contribution is 7.81. The Morgan fingerprint density at radius 2 is 1.86 bits per heavy atom. The van der Waals surface area contributed by atoms with Crippen molar-refractivity contribution in [3.63, 3.8) is 0 Å². The van der Waals surface area contributed by atoms with Crippen LogP contribution in [-0.2, 0) is 0 Å². The average molecular weight is 412 g/mol. The van der Waals surface area contributed by atoms with Crippen molar-refractivity contribution in [2.24, 2.45) is 0 Å². The summed E-state index contributed by atoms with van der Waals surface area (Å²) < 4.78 is 7.06. The van der Waals surface area contributed by atoms with E-state index < -0.39 is 0 Å². The molecule has 28 heavy (non-hydrogen) atoms. The molecule has 0 atom stereocenters. The van der Waals surface area contributed by atoms with E-state index >= 15 is 0 Å². The first-order chi connectivity index (χ1) is 13.5. The Balaban J connectivity index is 2.06. The van der Waals surface area contributed by atoms with Crippen molar-refractivity contribution in [3.05, 3.63) is 89.2 Å². The lowest BCUT2D eigenvalue weighted by Gasteiger charge is -2.11. The van der Waals surface area contributed by atoms with Crippen LogP contribution in [0.5, 0.6) is 5.75 Å². The fourth-order valence-electron chi connectivity index (χ4n) is 2.71. The zero-order chi connectivity index (χ0) is 20.1. The molecule has 2 N–H and O–H groups in total. The van der Waals surface area contributed by atoms with Crippen molar-refractivity contribution in [3.8, 4) is 5.75 Å². The normalized spacial score (nSPS) is 11.5. The van der Waals surface area contributed by atoms with Crippen molar-refractivity contribution >= 4 is 46.0 Å². The number of ether oxygens (including phenoxy) is 1. The highest BCUT2D eigenvalue weighted by Gasteiger charge is 2.24. The molecule has 0 spiro atoms. The maximum absolute atomic E-state index is 11.0. The Morgan fingerprint density at radius 1 is 1.11 bits per heavy atom. The molecule has 4 nitrogen and oxygen atoms in total. The Bertz CT molecular complexity index is 1030. The van der Waals surface area contributed by atoms with Crippen molar-refractivity contribution in [1.82, 2.24) is 0 Å². The molecule has 0 amide bonds. The van der Waals surface area contributed by atoms with Gasteiger partial charge in [0, 0.05) is 34.0 Å². The van der Waals surface area contributed by atoms with E-state index in [2.05, 4.69) is 5.32 Å². The van der Waals surface area contributed by atoms with E-state index in [1.807, 2.05) is 55.7 Å². The molecule has 0 fully saturated rings. The number of anilines is 1. The summed E-state index contributed by atoms with van der Waals surface area (Å²) in [7, 11) is 1.61. The van der Waals surface area contributed by atoms with Crippen LogP contribution < -0.4 is 14.6 Å². The van der Waals surface area contributed by atoms with Gasteiger partial charge in [-0.3, -0.25) is 0 Å². The molecule has 142 valence electrons. The molecular formula is C22H20ClN2O2S+. The van der Waals surface area contributed by atoms with Gasteiger partial charge in [-0.1, -0.05) is 29.9 Å². The molecule has 0 radical (unpaired) electrons. The van der Waals surface area contributed by atoms with Crippen LogP contribution >= 0.6 is 23.8 Å². The summed E-state index contributed by atoms with van der Waals surface area (Å²) in [6.07, 6.45) is 3.75. The largest absolute Gasteiger partial charge is 0.502 e. The number of methoxy groups -OCH3 is 1. The summed E-state index contributed by atoms with van der Waals surface area (Å²) in [5.74, 6) is 0.760. The van der Waals surface area contributed by atoms with Gasteiger partial charge in [0.05, 0.1) is 7.11 Å². The molecule has 2 aromatic carbocycles. The molecule has 0 aliphatic heterocycles. The standard InChI is InChI=1S/C22H19ClN2O2S/c1-15-5-4-12-25(14-15)20(21(26)16-8-10-17(23)11-9-16)22(28)24-18-6-3-7-19(13-18)27-2/h3-14H,1-2H3,(H-,24,26,28)/p+1. The van der Waals surface area contributed by atoms with Gasteiger partial charge in [-0.15, -0.1) is 0 Å². The third-order valence-corrected chi connectivity index (χ3v) is 4.64. The van der Waals surface area contributed by atoms with Crippen LogP contribution in [0.15, 0.2) is 73.1 Å². The minimum absolute atomic E-state index is 0.0488. The lowest BCUT2D eigenvalue weighted by molar-refractivity contribution is -0.576. The van der Waals surface area contributed by atoms with Crippen LogP contribution in [0.2, 0.25) is 5.02 Å². The minimum Gasteiger partial charge on any atom is -0.502 e. The SMILES string of the molecule is COc1cccc(NC(=S)/C(=C(/O)c2ccc(Cl)cc2)[n+]2cccc(C)c2)c1. The minimum atomic E-state index is 0.0488. The number of hydrogen-bond donors (Lipinski definition) is 2. The van der Waals surface area contributed by atoms with E-state index in [0.717, 1.165) is 11.3 Å². The van der Waals surface area contributed by atoms with E-state index in [-0.39, 0.29) is 5.76 Å². The molecule has 3 aromatic rings. The first kappa shape index (κ1) is 19.9. The molecule has 0 unspecified atom stereocenters. The first-order valence-corrected chi connectivity index (χ1v) is 9.39. The number of aliphatic hydroxyl groups excluding tert-OH is 1. The molecule has 0 saturated heterocycles. The fraction of sp³-hybridized carbons (Fsp3) is 0.0909. The summed E-state index contributed by atoms with van der Waals surface area (Å²) in [5.41, 5.74) is 2.87. The van der Waals surface area contributed by atoms with E-state index in [4.69, 9.17) is 28.6 Å². The summed E-state index contributed by atoms with van der Waals surface area (Å²) in [5, 5.41) is 14.8. The molecular weight excluding hydrogens is 392 g/mol. The fourth-order valence-corrected chi connectivity index (χ4v) is 3.16. The number of halogens is 1. The van der Waals surface area contributed by atoms with E-state index in [9.17, 15) is 5.11 Å². The van der Waals surface area contributed by atoms with Gasteiger partial charge in [0.25, 0.3) is 5.70 Å². The topological polar surface area (TPSA) is 45.4 Å². The molecule has 1 aromatic heterocycles. The predicted octanol–water partition coefficient (Wildman–Crippen LogP) is 5.27. The van der Waals surface area contributed by atoms with E-state index in [0.29, 0.717) is 27.0 Å². The molecule has 0 bridgehead atoms. The molecule has 3 rings (SSSR count). The molecule has 1 heterocycles. The number of aliphatic hydroxyl groups is 1. The average Bonchev–Trinajstić information content (AvgIpc) is 2.69. The predicted molar refractivity (Wildman–Crippen MR) is 118 cm³/mol. The highest BCUT2D eigenvalue weighted by Crippen LogP contribution is 2.22. The number of hydrogen-bond acceptors (Lipinski definition) is 3. The number of rotatable bonds is 5. The van der Waals surface area contributed by atoms with Crippen molar-refractivity contribution in [1.29, 1.82) is 0 Å². The Kier molecular flexibility index (Phi) is 6.29. The molecule has 0 aliphatic carbocycles. The lowest BCUT2D eigenvalue weighted by atomic mass is 10.1. The van der Waals surface area contributed by atoms with Gasteiger partial charge >= 0.3 is 0 Å². The van der Waals surface area contributed by atoms with Gasteiger partial charge in [-0.2, -0.15) is 4.57 Å². The van der Waals surface area contributed by atoms with Crippen LogP contribution in [-0.4, -0.2) is 17.2 Å². The molecule has 6 heteroatoms. The molecule has 0 saturated carbocycles. The summed E-state index contributed by atoms with van der Waals surface area (Å²) >= 11 is 11.6. The van der Waals surface area contributed by atoms with Gasteiger partial charge < -0.3 is 15.2 Å². The zero-order valence-corrected chi connectivity index (χ0v) is 17.1. The monoisotopic (exact) mass is 411 g/mol. The van der Waals surface area contributed by atoms with Crippen molar-refractivity contribution < 1.29 is 14.4 Å².